The molecule has 13 rings (SSSR count). The van der Waals surface area contributed by atoms with Crippen molar-refractivity contribution < 1.29 is 0 Å². The third-order valence-electron chi connectivity index (χ3n) is 14.6. The van der Waals surface area contributed by atoms with Crippen LogP contribution in [-0.2, 0) is 10.8 Å². The Bertz CT molecular complexity index is 3460. The minimum atomic E-state index is -0.503. The first-order valence-electron chi connectivity index (χ1n) is 23.1. The molecule has 0 unspecified atom stereocenters. The van der Waals surface area contributed by atoms with Crippen LogP contribution in [0.1, 0.15) is 47.2 Å². The maximum atomic E-state index is 2.46. The molecule has 0 fully saturated rings. The summed E-state index contributed by atoms with van der Waals surface area (Å²) < 4.78 is 0. The molecule has 0 amide bonds. The summed E-state index contributed by atoms with van der Waals surface area (Å²) in [7, 11) is 0. The largest absolute Gasteiger partial charge is 0.310 e. The molecule has 0 radical (unpaired) electrons. The molecule has 10 aromatic carbocycles. The molecule has 0 saturated heterocycles. The summed E-state index contributed by atoms with van der Waals surface area (Å²) in [6.45, 7) is 4.74. The van der Waals surface area contributed by atoms with Crippen molar-refractivity contribution in [3.63, 3.8) is 0 Å². The van der Waals surface area contributed by atoms with Gasteiger partial charge in [0.2, 0.25) is 0 Å². The number of nitrogens with zero attached hydrogens (tertiary/aromatic N) is 2. The summed E-state index contributed by atoms with van der Waals surface area (Å²) in [6.07, 6.45) is 0. The average Bonchev–Trinajstić information content (AvgIpc) is 3.80. The van der Waals surface area contributed by atoms with Crippen LogP contribution in [0, 0.1) is 0 Å². The fourth-order valence-corrected chi connectivity index (χ4v) is 11.9. The summed E-state index contributed by atoms with van der Waals surface area (Å²) in [4.78, 5) is 4.86. The summed E-state index contributed by atoms with van der Waals surface area (Å²) in [5, 5.41) is 0. The van der Waals surface area contributed by atoms with E-state index in [1.54, 1.807) is 0 Å². The Morgan fingerprint density at radius 3 is 1.52 bits per heavy atom. The van der Waals surface area contributed by atoms with Gasteiger partial charge in [0.15, 0.2) is 0 Å². The van der Waals surface area contributed by atoms with Crippen molar-refractivity contribution in [1.29, 1.82) is 0 Å². The van der Waals surface area contributed by atoms with E-state index in [1.807, 2.05) is 0 Å². The van der Waals surface area contributed by atoms with Crippen molar-refractivity contribution in [1.82, 2.24) is 0 Å². The van der Waals surface area contributed by atoms with E-state index in [-0.39, 0.29) is 5.41 Å². The normalized spacial score (nSPS) is 14.1. The summed E-state index contributed by atoms with van der Waals surface area (Å²) >= 11 is 0. The van der Waals surface area contributed by atoms with Gasteiger partial charge in [0.25, 0.3) is 0 Å². The van der Waals surface area contributed by atoms with Crippen LogP contribution in [0.15, 0.2) is 243 Å². The molecular weight excluding hydrogens is 797 g/mol. The minimum absolute atomic E-state index is 0.0987. The number of hydrogen-bond acceptors (Lipinski definition) is 2. The van der Waals surface area contributed by atoms with Crippen molar-refractivity contribution in [2.24, 2.45) is 0 Å². The predicted octanol–water partition coefficient (Wildman–Crippen LogP) is 16.9. The van der Waals surface area contributed by atoms with Crippen LogP contribution in [0.2, 0.25) is 0 Å². The highest BCUT2D eigenvalue weighted by atomic mass is 15.2. The van der Waals surface area contributed by atoms with Gasteiger partial charge in [0.05, 0.1) is 22.5 Å². The van der Waals surface area contributed by atoms with Crippen LogP contribution in [-0.4, -0.2) is 0 Å². The maximum absolute atomic E-state index is 2.46. The van der Waals surface area contributed by atoms with Crippen LogP contribution in [0.25, 0.3) is 44.5 Å². The van der Waals surface area contributed by atoms with Gasteiger partial charge in [0, 0.05) is 28.0 Å². The van der Waals surface area contributed by atoms with E-state index >= 15 is 0 Å². The molecule has 2 nitrogen and oxygen atoms in total. The zero-order valence-electron chi connectivity index (χ0n) is 37.0. The first-order valence-corrected chi connectivity index (χ1v) is 23.1. The zero-order valence-corrected chi connectivity index (χ0v) is 37.0. The second kappa shape index (κ2) is 14.7. The van der Waals surface area contributed by atoms with Gasteiger partial charge < -0.3 is 9.80 Å². The molecule has 0 N–H and O–H groups in total. The lowest BCUT2D eigenvalue weighted by Crippen LogP contribution is -2.36. The van der Waals surface area contributed by atoms with Crippen LogP contribution in [0.5, 0.6) is 0 Å². The second-order valence-electron chi connectivity index (χ2n) is 18.4. The first-order chi connectivity index (χ1) is 32.5. The lowest BCUT2D eigenvalue weighted by atomic mass is 9.64. The lowest BCUT2D eigenvalue weighted by Gasteiger charge is -2.45. The number of anilines is 6. The third-order valence-corrected chi connectivity index (χ3v) is 14.6. The molecular formula is C64H46N2. The van der Waals surface area contributed by atoms with Crippen LogP contribution in [0.4, 0.5) is 34.1 Å². The van der Waals surface area contributed by atoms with Gasteiger partial charge in [-0.25, -0.2) is 0 Å². The molecule has 0 aromatic heterocycles. The Balaban J connectivity index is 0.957. The van der Waals surface area contributed by atoms with Crippen LogP contribution >= 0.6 is 0 Å². The van der Waals surface area contributed by atoms with Gasteiger partial charge in [-0.1, -0.05) is 196 Å². The van der Waals surface area contributed by atoms with E-state index in [9.17, 15) is 0 Å². The van der Waals surface area contributed by atoms with E-state index in [2.05, 4.69) is 266 Å². The van der Waals surface area contributed by atoms with Crippen molar-refractivity contribution in [2.75, 3.05) is 9.80 Å². The summed E-state index contributed by atoms with van der Waals surface area (Å²) in [5.74, 6) is 0. The van der Waals surface area contributed by atoms with Crippen LogP contribution < -0.4 is 9.80 Å². The number of hydrogen-bond donors (Lipinski definition) is 0. The Morgan fingerprint density at radius 1 is 0.333 bits per heavy atom. The molecule has 0 atom stereocenters. The SMILES string of the molecule is CC1(C)c2ccccc2-c2cccc(-c3ccc(N(c4ccccc4)c4ccccc4-c4ccc5c(c4)-c4ccccc4C54c5ccccc5N(c5ccccc5)c5ccccc54)cc3)c21. The molecule has 10 aromatic rings. The summed E-state index contributed by atoms with van der Waals surface area (Å²) in [5.41, 5.74) is 24.4. The summed E-state index contributed by atoms with van der Waals surface area (Å²) in [6, 6.07) is 89.8. The fraction of sp³-hybridized carbons (Fsp3) is 0.0625. The predicted molar refractivity (Wildman–Crippen MR) is 275 cm³/mol. The van der Waals surface area contributed by atoms with Gasteiger partial charge in [-0.2, -0.15) is 0 Å². The number of benzene rings is 10. The molecule has 1 heterocycles. The smallest absolute Gasteiger partial charge is 0.0754 e. The third kappa shape index (κ3) is 5.42. The van der Waals surface area contributed by atoms with Gasteiger partial charge in [-0.05, 0) is 133 Å². The van der Waals surface area contributed by atoms with Gasteiger partial charge in [0.1, 0.15) is 0 Å². The number of rotatable bonds is 6. The average molecular weight is 843 g/mol. The van der Waals surface area contributed by atoms with E-state index in [1.165, 1.54) is 89.3 Å². The quantitative estimate of drug-likeness (QED) is 0.165. The second-order valence-corrected chi connectivity index (χ2v) is 18.4. The molecule has 0 bridgehead atoms. The van der Waals surface area contributed by atoms with Gasteiger partial charge >= 0.3 is 0 Å². The fourth-order valence-electron chi connectivity index (χ4n) is 11.9. The standard InChI is InChI=1S/C64H46N2/c1-63(2)54-29-12-9-25-50(54)52-28-19-27-49(62(52)63)43-36-39-47(40-37-43)65(45-20-5-3-6-21-45)59-33-16-11-24-48(59)44-38-41-56-53(42-44)51-26-10-13-30-55(51)64(56)57-31-14-17-34-60(57)66(46-22-7-4-8-23-46)61-35-18-15-32-58(61)64/h3-42H,1-2H3. The number of fused-ring (bicyclic) bond motifs is 12. The van der Waals surface area contributed by atoms with Crippen molar-refractivity contribution in [3.05, 3.63) is 276 Å². The molecule has 2 aliphatic carbocycles. The van der Waals surface area contributed by atoms with E-state index in [4.69, 9.17) is 0 Å². The Labute approximate surface area is 387 Å². The zero-order chi connectivity index (χ0) is 44.0. The first kappa shape index (κ1) is 38.3. The van der Waals surface area contributed by atoms with Crippen molar-refractivity contribution in [3.8, 4) is 44.5 Å². The molecule has 3 aliphatic rings. The molecule has 66 heavy (non-hydrogen) atoms. The minimum Gasteiger partial charge on any atom is -0.310 e. The van der Waals surface area contributed by atoms with Crippen molar-refractivity contribution >= 4 is 34.1 Å². The Morgan fingerprint density at radius 2 is 0.818 bits per heavy atom. The van der Waals surface area contributed by atoms with E-state index in [0.717, 1.165) is 22.7 Å². The van der Waals surface area contributed by atoms with Crippen LogP contribution in [0.3, 0.4) is 0 Å². The molecule has 312 valence electrons. The monoisotopic (exact) mass is 842 g/mol. The molecule has 0 saturated carbocycles. The highest BCUT2D eigenvalue weighted by molar-refractivity contribution is 5.98. The highest BCUT2D eigenvalue weighted by Crippen LogP contribution is 2.64. The van der Waals surface area contributed by atoms with E-state index in [0.29, 0.717) is 0 Å². The highest BCUT2D eigenvalue weighted by Gasteiger charge is 2.51. The van der Waals surface area contributed by atoms with Gasteiger partial charge in [-0.15, -0.1) is 0 Å². The Hall–Kier alpha value is -8.20. The topological polar surface area (TPSA) is 6.48 Å². The van der Waals surface area contributed by atoms with Crippen molar-refractivity contribution in [2.45, 2.75) is 24.7 Å². The maximum Gasteiger partial charge on any atom is 0.0754 e. The molecule has 1 aliphatic heterocycles. The molecule has 2 heteroatoms. The number of para-hydroxylation sites is 5. The Kier molecular flexibility index (Phi) is 8.51. The van der Waals surface area contributed by atoms with E-state index < -0.39 is 5.41 Å². The molecule has 1 spiro atoms. The van der Waals surface area contributed by atoms with Gasteiger partial charge in [-0.3, -0.25) is 0 Å². The lowest BCUT2D eigenvalue weighted by molar-refractivity contribution is 0.662.